The van der Waals surface area contributed by atoms with Crippen LogP contribution < -0.4 is 10.6 Å². The van der Waals surface area contributed by atoms with Gasteiger partial charge < -0.3 is 10.6 Å². The van der Waals surface area contributed by atoms with E-state index in [0.29, 0.717) is 0 Å². The summed E-state index contributed by atoms with van der Waals surface area (Å²) in [7, 11) is 0. The van der Waals surface area contributed by atoms with E-state index in [1.165, 1.54) is 0 Å². The van der Waals surface area contributed by atoms with Crippen molar-refractivity contribution >= 4 is 5.91 Å². The highest BCUT2D eigenvalue weighted by Crippen LogP contribution is 2.01. The second-order valence-corrected chi connectivity index (χ2v) is 3.78. The molecule has 1 amide bonds. The van der Waals surface area contributed by atoms with Crippen LogP contribution in [0.4, 0.5) is 0 Å². The topological polar surface area (TPSA) is 41.1 Å². The van der Waals surface area contributed by atoms with Crippen LogP contribution in [0.25, 0.3) is 0 Å². The van der Waals surface area contributed by atoms with E-state index in [0.717, 1.165) is 6.54 Å². The number of amides is 1. The second-order valence-electron chi connectivity index (χ2n) is 3.78. The molecule has 2 N–H and O–H groups in total. The molecule has 0 atom stereocenters. The van der Waals surface area contributed by atoms with Gasteiger partial charge in [0.25, 0.3) is 0 Å². The van der Waals surface area contributed by atoms with Gasteiger partial charge in [-0.3, -0.25) is 4.79 Å². The Morgan fingerprint density at radius 2 is 1.92 bits per heavy atom. The van der Waals surface area contributed by atoms with Gasteiger partial charge in [-0.05, 0) is 34.2 Å². The fourth-order valence-corrected chi connectivity index (χ4v) is 0.965. The second kappa shape index (κ2) is 4.45. The van der Waals surface area contributed by atoms with Gasteiger partial charge in [0.05, 0.1) is 5.54 Å². The smallest absolute Gasteiger partial charge is 0.239 e. The number of nitrogens with one attached hydrogen (secondary N) is 2. The molecule has 0 aliphatic carbocycles. The zero-order valence-corrected chi connectivity index (χ0v) is 8.69. The molecule has 0 fully saturated rings. The Hall–Kier alpha value is -0.570. The van der Waals surface area contributed by atoms with E-state index in [-0.39, 0.29) is 11.9 Å². The minimum Gasteiger partial charge on any atom is -0.352 e. The number of rotatable bonds is 4. The average Bonchev–Trinajstić information content (AvgIpc) is 1.85. The Balaban J connectivity index is 4.06. The predicted molar refractivity (Wildman–Crippen MR) is 51.0 cm³/mol. The molecule has 0 aliphatic rings. The summed E-state index contributed by atoms with van der Waals surface area (Å²) in [5, 5.41) is 5.98. The lowest BCUT2D eigenvalue weighted by Crippen LogP contribution is -2.53. The highest BCUT2D eigenvalue weighted by molar-refractivity contribution is 5.85. The third kappa shape index (κ3) is 3.72. The van der Waals surface area contributed by atoms with E-state index in [4.69, 9.17) is 0 Å². The fraction of sp³-hybridized carbons (Fsp3) is 0.889. The first-order valence-corrected chi connectivity index (χ1v) is 4.46. The maximum absolute atomic E-state index is 11.5. The van der Waals surface area contributed by atoms with Gasteiger partial charge in [-0.25, -0.2) is 0 Å². The number of hydrogen-bond acceptors (Lipinski definition) is 2. The van der Waals surface area contributed by atoms with Gasteiger partial charge in [-0.15, -0.1) is 0 Å². The number of carbonyl (C=O) groups is 1. The molecular weight excluding hydrogens is 152 g/mol. The summed E-state index contributed by atoms with van der Waals surface area (Å²) in [6, 6.07) is 0.204. The summed E-state index contributed by atoms with van der Waals surface area (Å²) in [6.45, 7) is 10.5. The largest absolute Gasteiger partial charge is 0.352 e. The van der Waals surface area contributed by atoms with Gasteiger partial charge in [0.1, 0.15) is 0 Å². The normalized spacial score (nSPS) is 11.8. The van der Waals surface area contributed by atoms with Crippen LogP contribution in [0.2, 0.25) is 0 Å². The number of carbonyl (C=O) groups excluding carboxylic acids is 1. The molecule has 0 radical (unpaired) electrons. The van der Waals surface area contributed by atoms with Gasteiger partial charge in [0.15, 0.2) is 0 Å². The van der Waals surface area contributed by atoms with Crippen LogP contribution in [0.1, 0.15) is 34.6 Å². The average molecular weight is 172 g/mol. The first kappa shape index (κ1) is 11.4. The van der Waals surface area contributed by atoms with Crippen molar-refractivity contribution in [3.8, 4) is 0 Å². The van der Waals surface area contributed by atoms with Crippen LogP contribution in [0.5, 0.6) is 0 Å². The van der Waals surface area contributed by atoms with Crippen LogP contribution >= 0.6 is 0 Å². The lowest BCUT2D eigenvalue weighted by Gasteiger charge is -2.25. The summed E-state index contributed by atoms with van der Waals surface area (Å²) in [5.74, 6) is 0.0550. The molecular formula is C9H20N2O. The van der Waals surface area contributed by atoms with Gasteiger partial charge in [-0.1, -0.05) is 6.92 Å². The molecule has 72 valence electrons. The Labute approximate surface area is 74.9 Å². The van der Waals surface area contributed by atoms with Crippen molar-refractivity contribution in [1.82, 2.24) is 10.6 Å². The van der Waals surface area contributed by atoms with Crippen molar-refractivity contribution in [3.05, 3.63) is 0 Å². The van der Waals surface area contributed by atoms with E-state index in [2.05, 4.69) is 10.6 Å². The van der Waals surface area contributed by atoms with Crippen molar-refractivity contribution in [2.75, 3.05) is 6.54 Å². The van der Waals surface area contributed by atoms with Gasteiger partial charge >= 0.3 is 0 Å². The van der Waals surface area contributed by atoms with Crippen molar-refractivity contribution in [1.29, 1.82) is 0 Å². The van der Waals surface area contributed by atoms with Crippen molar-refractivity contribution in [2.24, 2.45) is 0 Å². The van der Waals surface area contributed by atoms with Crippen LogP contribution in [0, 0.1) is 0 Å². The molecule has 0 rings (SSSR count). The predicted octanol–water partition coefficient (Wildman–Crippen LogP) is 0.899. The maximum atomic E-state index is 11.5. The van der Waals surface area contributed by atoms with Crippen LogP contribution in [0.3, 0.4) is 0 Å². The molecule has 12 heavy (non-hydrogen) atoms. The number of hydrogen-bond donors (Lipinski definition) is 2. The first-order valence-electron chi connectivity index (χ1n) is 4.46. The quantitative estimate of drug-likeness (QED) is 0.661. The zero-order chi connectivity index (χ0) is 9.78. The number of likely N-dealkylation sites (N-methyl/N-ethyl adjacent to an activating group) is 1. The molecule has 0 spiro atoms. The van der Waals surface area contributed by atoms with E-state index < -0.39 is 5.54 Å². The van der Waals surface area contributed by atoms with Gasteiger partial charge in [0.2, 0.25) is 5.91 Å². The van der Waals surface area contributed by atoms with Crippen molar-refractivity contribution in [2.45, 2.75) is 46.2 Å². The lowest BCUT2D eigenvalue weighted by molar-refractivity contribution is -0.126. The minimum atomic E-state index is -0.459. The Morgan fingerprint density at radius 1 is 1.42 bits per heavy atom. The zero-order valence-electron chi connectivity index (χ0n) is 8.69. The van der Waals surface area contributed by atoms with E-state index in [1.807, 2.05) is 34.6 Å². The van der Waals surface area contributed by atoms with Gasteiger partial charge in [-0.2, -0.15) is 0 Å². The Kier molecular flexibility index (Phi) is 4.24. The standard InChI is InChI=1S/C9H20N2O/c1-6-10-9(4,5)8(12)11-7(2)3/h7,10H,6H2,1-5H3,(H,11,12). The highest BCUT2D eigenvalue weighted by atomic mass is 16.2. The fourth-order valence-electron chi connectivity index (χ4n) is 0.965. The molecule has 0 unspecified atom stereocenters. The lowest BCUT2D eigenvalue weighted by atomic mass is 10.0. The summed E-state index contributed by atoms with van der Waals surface area (Å²) >= 11 is 0. The Bertz CT molecular complexity index is 153. The van der Waals surface area contributed by atoms with Crippen molar-refractivity contribution < 1.29 is 4.79 Å². The molecule has 0 heterocycles. The third-order valence-corrected chi connectivity index (χ3v) is 1.61. The van der Waals surface area contributed by atoms with E-state index in [9.17, 15) is 4.79 Å². The molecule has 0 saturated carbocycles. The summed E-state index contributed by atoms with van der Waals surface area (Å²) < 4.78 is 0. The molecule has 0 saturated heterocycles. The molecule has 0 bridgehead atoms. The van der Waals surface area contributed by atoms with Crippen LogP contribution in [-0.2, 0) is 4.79 Å². The summed E-state index contributed by atoms with van der Waals surface area (Å²) in [6.07, 6.45) is 0. The minimum absolute atomic E-state index is 0.0550. The van der Waals surface area contributed by atoms with Crippen molar-refractivity contribution in [3.63, 3.8) is 0 Å². The summed E-state index contributed by atoms with van der Waals surface area (Å²) in [4.78, 5) is 11.5. The Morgan fingerprint density at radius 3 is 2.25 bits per heavy atom. The van der Waals surface area contributed by atoms with Gasteiger partial charge in [0, 0.05) is 6.04 Å². The SMILES string of the molecule is CCNC(C)(C)C(=O)NC(C)C. The molecule has 0 aromatic rings. The maximum Gasteiger partial charge on any atom is 0.239 e. The van der Waals surface area contributed by atoms with E-state index >= 15 is 0 Å². The summed E-state index contributed by atoms with van der Waals surface area (Å²) in [5.41, 5.74) is -0.459. The molecule has 3 nitrogen and oxygen atoms in total. The van der Waals surface area contributed by atoms with Crippen LogP contribution in [-0.4, -0.2) is 24.0 Å². The molecule has 0 aromatic carbocycles. The van der Waals surface area contributed by atoms with E-state index in [1.54, 1.807) is 0 Å². The first-order chi connectivity index (χ1) is 5.40. The highest BCUT2D eigenvalue weighted by Gasteiger charge is 2.25. The molecule has 3 heteroatoms. The molecule has 0 aromatic heterocycles. The third-order valence-electron chi connectivity index (χ3n) is 1.61. The van der Waals surface area contributed by atoms with Crippen LogP contribution in [0.15, 0.2) is 0 Å². The molecule has 0 aliphatic heterocycles. The monoisotopic (exact) mass is 172 g/mol.